The van der Waals surface area contributed by atoms with Gasteiger partial charge in [0.15, 0.2) is 4.80 Å². The third-order valence-corrected chi connectivity index (χ3v) is 7.43. The molecule has 4 aromatic rings. The van der Waals surface area contributed by atoms with E-state index in [-0.39, 0.29) is 28.0 Å². The van der Waals surface area contributed by atoms with Crippen LogP contribution < -0.4 is 19.6 Å². The van der Waals surface area contributed by atoms with Crippen molar-refractivity contribution in [3.63, 3.8) is 0 Å². The van der Waals surface area contributed by atoms with Gasteiger partial charge < -0.3 is 14.6 Å². The molecule has 39 heavy (non-hydrogen) atoms. The second-order valence-corrected chi connectivity index (χ2v) is 9.72. The first kappa shape index (κ1) is 25.9. The number of aromatic hydroxyl groups is 1. The number of hydrogen-bond donors (Lipinski definition) is 1. The van der Waals surface area contributed by atoms with Crippen LogP contribution in [0.4, 0.5) is 5.69 Å². The van der Waals surface area contributed by atoms with E-state index in [1.807, 2.05) is 42.5 Å². The van der Waals surface area contributed by atoms with Gasteiger partial charge in [-0.05, 0) is 42.3 Å². The Morgan fingerprint density at radius 3 is 2.69 bits per heavy atom. The van der Waals surface area contributed by atoms with E-state index in [9.17, 15) is 24.8 Å². The van der Waals surface area contributed by atoms with Crippen molar-refractivity contribution in [2.75, 3.05) is 13.7 Å². The van der Waals surface area contributed by atoms with Gasteiger partial charge in [-0.15, -0.1) is 0 Å². The number of aromatic nitrogens is 1. The summed E-state index contributed by atoms with van der Waals surface area (Å²) in [6.07, 6.45) is 1.36. The summed E-state index contributed by atoms with van der Waals surface area (Å²) in [4.78, 5) is 42.7. The monoisotopic (exact) mass is 545 g/mol. The van der Waals surface area contributed by atoms with Crippen LogP contribution in [0.1, 0.15) is 31.0 Å². The Morgan fingerprint density at radius 2 is 1.97 bits per heavy atom. The van der Waals surface area contributed by atoms with Crippen LogP contribution in [0.3, 0.4) is 0 Å². The Balaban J connectivity index is 1.81. The van der Waals surface area contributed by atoms with Crippen LogP contribution in [0, 0.1) is 10.1 Å². The molecule has 198 valence electrons. The van der Waals surface area contributed by atoms with Crippen molar-refractivity contribution >= 4 is 39.8 Å². The summed E-state index contributed by atoms with van der Waals surface area (Å²) in [6.45, 7) is 3.55. The molecule has 0 unspecified atom stereocenters. The summed E-state index contributed by atoms with van der Waals surface area (Å²) in [5.41, 5.74) is 0.386. The summed E-state index contributed by atoms with van der Waals surface area (Å²) in [6, 6.07) is 15.0. The second-order valence-electron chi connectivity index (χ2n) is 8.71. The number of phenolic OH excluding ortho intramolecular Hbond substituents is 1. The van der Waals surface area contributed by atoms with E-state index >= 15 is 0 Å². The Hall–Kier alpha value is -4.77. The molecule has 1 aliphatic rings. The van der Waals surface area contributed by atoms with Crippen LogP contribution in [-0.4, -0.2) is 34.3 Å². The van der Waals surface area contributed by atoms with Gasteiger partial charge >= 0.3 is 11.7 Å². The fourth-order valence-electron chi connectivity index (χ4n) is 4.70. The number of thiazole rings is 1. The highest BCUT2D eigenvalue weighted by Gasteiger charge is 2.34. The van der Waals surface area contributed by atoms with E-state index < -0.39 is 33.9 Å². The number of rotatable bonds is 6. The molecule has 0 saturated carbocycles. The smallest absolute Gasteiger partial charge is 0.338 e. The van der Waals surface area contributed by atoms with Crippen molar-refractivity contribution in [2.24, 2.45) is 4.99 Å². The Labute approximate surface area is 225 Å². The molecule has 0 amide bonds. The highest BCUT2D eigenvalue weighted by molar-refractivity contribution is 7.07. The zero-order valence-electron chi connectivity index (χ0n) is 21.2. The number of phenols is 1. The number of esters is 1. The molecule has 10 nitrogen and oxygen atoms in total. The first-order valence-corrected chi connectivity index (χ1v) is 12.8. The summed E-state index contributed by atoms with van der Waals surface area (Å²) < 4.78 is 12.1. The molecule has 5 rings (SSSR count). The largest absolute Gasteiger partial charge is 0.502 e. The average molecular weight is 546 g/mol. The van der Waals surface area contributed by atoms with Crippen molar-refractivity contribution in [2.45, 2.75) is 19.9 Å². The predicted octanol–water partition coefficient (Wildman–Crippen LogP) is 3.57. The van der Waals surface area contributed by atoms with Gasteiger partial charge in [-0.1, -0.05) is 53.8 Å². The molecule has 1 atom stereocenters. The number of nitro groups is 1. The second kappa shape index (κ2) is 10.2. The number of allylic oxidation sites excluding steroid dienone is 1. The molecule has 1 aromatic heterocycles. The molecule has 11 heteroatoms. The summed E-state index contributed by atoms with van der Waals surface area (Å²) >= 11 is 1.05. The topological polar surface area (TPSA) is 133 Å². The van der Waals surface area contributed by atoms with Crippen LogP contribution in [0.5, 0.6) is 11.5 Å². The van der Waals surface area contributed by atoms with Gasteiger partial charge in [0.2, 0.25) is 5.75 Å². The predicted molar refractivity (Wildman–Crippen MR) is 146 cm³/mol. The van der Waals surface area contributed by atoms with Crippen molar-refractivity contribution < 1.29 is 24.3 Å². The molecule has 1 aliphatic heterocycles. The number of carbonyl (C=O) groups excluding carboxylic acids is 1. The van der Waals surface area contributed by atoms with Crippen molar-refractivity contribution in [3.8, 4) is 11.5 Å². The molecule has 0 radical (unpaired) electrons. The van der Waals surface area contributed by atoms with Gasteiger partial charge in [0.05, 0.1) is 46.6 Å². The van der Waals surface area contributed by atoms with E-state index in [4.69, 9.17) is 9.47 Å². The molecule has 0 saturated heterocycles. The molecule has 3 aromatic carbocycles. The van der Waals surface area contributed by atoms with E-state index in [1.165, 1.54) is 23.8 Å². The summed E-state index contributed by atoms with van der Waals surface area (Å²) in [5.74, 6) is -1.03. The maximum Gasteiger partial charge on any atom is 0.338 e. The first-order chi connectivity index (χ1) is 18.7. The summed E-state index contributed by atoms with van der Waals surface area (Å²) in [5, 5.41) is 23.8. The number of benzene rings is 3. The lowest BCUT2D eigenvalue weighted by atomic mass is 9.91. The number of nitro benzene ring substituents is 1. The molecular formula is C28H23N3O7S. The van der Waals surface area contributed by atoms with Gasteiger partial charge in [-0.3, -0.25) is 19.5 Å². The van der Waals surface area contributed by atoms with Crippen molar-refractivity contribution in [3.05, 3.63) is 107 Å². The Kier molecular flexibility index (Phi) is 6.75. The zero-order valence-corrected chi connectivity index (χ0v) is 22.0. The normalized spacial score (nSPS) is 15.2. The number of methoxy groups -OCH3 is 1. The molecular weight excluding hydrogens is 522 g/mol. The molecule has 0 bridgehead atoms. The first-order valence-electron chi connectivity index (χ1n) is 12.0. The maximum absolute atomic E-state index is 13.9. The van der Waals surface area contributed by atoms with Crippen LogP contribution in [-0.2, 0) is 9.53 Å². The van der Waals surface area contributed by atoms with E-state index in [0.29, 0.717) is 10.5 Å². The quantitative estimate of drug-likeness (QED) is 0.222. The van der Waals surface area contributed by atoms with E-state index in [2.05, 4.69) is 4.99 Å². The third-order valence-electron chi connectivity index (χ3n) is 6.45. The van der Waals surface area contributed by atoms with Crippen LogP contribution >= 0.6 is 11.3 Å². The van der Waals surface area contributed by atoms with Gasteiger partial charge in [0.1, 0.15) is 5.75 Å². The highest BCUT2D eigenvalue weighted by atomic mass is 32.1. The minimum Gasteiger partial charge on any atom is -0.502 e. The SMILES string of the molecule is CCOC(=O)C1=C(C)N=c2s/c(=C/c3cc(OC)cc([N+](=O)[O-])c3O)c(=O)n2[C@H]1c1cccc2ccccc12. The summed E-state index contributed by atoms with van der Waals surface area (Å²) in [7, 11) is 1.34. The fraction of sp³-hybridized carbons (Fsp3) is 0.179. The van der Waals surface area contributed by atoms with E-state index in [1.54, 1.807) is 13.8 Å². The number of ether oxygens (including phenoxy) is 2. The Bertz CT molecular complexity index is 1860. The van der Waals surface area contributed by atoms with Crippen molar-refractivity contribution in [1.29, 1.82) is 0 Å². The highest BCUT2D eigenvalue weighted by Crippen LogP contribution is 2.36. The van der Waals surface area contributed by atoms with Crippen LogP contribution in [0.25, 0.3) is 16.8 Å². The standard InChI is InChI=1S/C28H23N3O7S/c1-4-38-27(34)23-15(2)29-28-30(24(23)20-11-7-9-16-8-5-6-10-19(16)20)26(33)22(39-28)13-17-12-18(37-3)14-21(25(17)32)31(35)36/h5-14,24,32H,4H2,1-3H3/b22-13+/t24-/m0/s1. The van der Waals surface area contributed by atoms with E-state index in [0.717, 1.165) is 33.7 Å². The minimum absolute atomic E-state index is 0.0364. The van der Waals surface area contributed by atoms with Crippen molar-refractivity contribution in [1.82, 2.24) is 4.57 Å². The lowest BCUT2D eigenvalue weighted by Gasteiger charge is -2.25. The molecule has 0 fully saturated rings. The van der Waals surface area contributed by atoms with Gasteiger partial charge in [-0.2, -0.15) is 0 Å². The maximum atomic E-state index is 13.9. The zero-order chi connectivity index (χ0) is 27.8. The molecule has 1 N–H and O–H groups in total. The lowest BCUT2D eigenvalue weighted by Crippen LogP contribution is -2.40. The number of nitrogens with zero attached hydrogens (tertiary/aromatic N) is 3. The third kappa shape index (κ3) is 4.46. The molecule has 0 aliphatic carbocycles. The fourth-order valence-corrected chi connectivity index (χ4v) is 5.73. The minimum atomic E-state index is -0.832. The van der Waals surface area contributed by atoms with Gasteiger partial charge in [0, 0.05) is 5.56 Å². The van der Waals surface area contributed by atoms with Crippen LogP contribution in [0.2, 0.25) is 0 Å². The molecule has 0 spiro atoms. The number of carbonyl (C=O) groups is 1. The Morgan fingerprint density at radius 1 is 1.23 bits per heavy atom. The number of fused-ring (bicyclic) bond motifs is 2. The average Bonchev–Trinajstić information content (AvgIpc) is 3.22. The van der Waals surface area contributed by atoms with Gasteiger partial charge in [-0.25, -0.2) is 9.79 Å². The lowest BCUT2D eigenvalue weighted by molar-refractivity contribution is -0.385. The van der Waals surface area contributed by atoms with Gasteiger partial charge in [0.25, 0.3) is 5.56 Å². The molecule has 2 heterocycles. The number of hydrogen-bond acceptors (Lipinski definition) is 9. The van der Waals surface area contributed by atoms with Crippen LogP contribution in [0.15, 0.2) is 75.7 Å².